The summed E-state index contributed by atoms with van der Waals surface area (Å²) in [4.78, 5) is 13.9. The topological polar surface area (TPSA) is 40.5 Å². The van der Waals surface area contributed by atoms with Gasteiger partial charge in [-0.1, -0.05) is 11.6 Å². The molecule has 5 heteroatoms. The number of carbonyl (C=O) groups excluding carboxylic acids is 1. The normalized spacial score (nSPS) is 22.4. The van der Waals surface area contributed by atoms with Gasteiger partial charge in [0.05, 0.1) is 11.1 Å². The lowest BCUT2D eigenvalue weighted by molar-refractivity contribution is 0.0265. The number of amides is 1. The third-order valence-electron chi connectivity index (χ3n) is 3.26. The molecular weight excluding hydrogens is 365 g/mol. The number of halogens is 2. The molecule has 0 heterocycles. The Morgan fingerprint density at radius 1 is 1.56 bits per heavy atom. The quantitative estimate of drug-likeness (QED) is 0.821. The van der Waals surface area contributed by atoms with Gasteiger partial charge in [0.2, 0.25) is 0 Å². The number of rotatable bonds is 3. The van der Waals surface area contributed by atoms with Gasteiger partial charge in [-0.05, 0) is 59.5 Å². The van der Waals surface area contributed by atoms with Crippen LogP contribution in [0, 0.1) is 9.49 Å². The second-order valence-electron chi connectivity index (χ2n) is 4.81. The fourth-order valence-corrected chi connectivity index (χ4v) is 2.69. The number of aliphatic hydroxyl groups is 1. The highest BCUT2D eigenvalue weighted by atomic mass is 127. The van der Waals surface area contributed by atoms with Gasteiger partial charge in [0, 0.05) is 22.7 Å². The van der Waals surface area contributed by atoms with Gasteiger partial charge in [-0.2, -0.15) is 0 Å². The molecule has 1 aromatic rings. The average molecular weight is 380 g/mol. The summed E-state index contributed by atoms with van der Waals surface area (Å²) in [6.45, 7) is 0.694. The first-order valence-corrected chi connectivity index (χ1v) is 7.31. The van der Waals surface area contributed by atoms with E-state index in [1.807, 2.05) is 6.07 Å². The highest BCUT2D eigenvalue weighted by Gasteiger charge is 2.29. The van der Waals surface area contributed by atoms with Crippen LogP contribution in [0.4, 0.5) is 0 Å². The lowest BCUT2D eigenvalue weighted by atomic mass is 9.82. The van der Waals surface area contributed by atoms with E-state index in [-0.39, 0.29) is 12.0 Å². The van der Waals surface area contributed by atoms with Crippen LogP contribution in [0.3, 0.4) is 0 Å². The maximum absolute atomic E-state index is 12.2. The molecule has 0 radical (unpaired) electrons. The Bertz CT molecular complexity index is 460. The Hall–Kier alpha value is -0.330. The first-order valence-electron chi connectivity index (χ1n) is 5.86. The number of carbonyl (C=O) groups is 1. The number of hydrogen-bond acceptors (Lipinski definition) is 2. The van der Waals surface area contributed by atoms with E-state index in [0.717, 1.165) is 16.4 Å². The van der Waals surface area contributed by atoms with Crippen LogP contribution in [-0.2, 0) is 0 Å². The summed E-state index contributed by atoms with van der Waals surface area (Å²) in [5.41, 5.74) is 0.614. The van der Waals surface area contributed by atoms with E-state index in [1.165, 1.54) is 0 Å². The van der Waals surface area contributed by atoms with Crippen LogP contribution in [0.1, 0.15) is 23.2 Å². The summed E-state index contributed by atoms with van der Waals surface area (Å²) in [6.07, 6.45) is 1.42. The Balaban J connectivity index is 1.99. The molecule has 0 bridgehead atoms. The van der Waals surface area contributed by atoms with Crippen molar-refractivity contribution in [2.24, 2.45) is 5.92 Å². The van der Waals surface area contributed by atoms with E-state index >= 15 is 0 Å². The van der Waals surface area contributed by atoms with Crippen molar-refractivity contribution >= 4 is 40.1 Å². The second kappa shape index (κ2) is 5.75. The largest absolute Gasteiger partial charge is 0.393 e. The predicted octanol–water partition coefficient (Wildman–Crippen LogP) is 2.79. The summed E-state index contributed by atoms with van der Waals surface area (Å²) in [6, 6.07) is 5.34. The smallest absolute Gasteiger partial charge is 0.253 e. The Morgan fingerprint density at radius 2 is 2.22 bits per heavy atom. The Kier molecular flexibility index (Phi) is 4.50. The van der Waals surface area contributed by atoms with Crippen molar-refractivity contribution < 1.29 is 9.90 Å². The standard InChI is InChI=1S/C13H15ClINO2/c1-16(7-8-4-10(17)5-8)13(18)9-2-3-12(15)11(14)6-9/h2-3,6,8,10,17H,4-5,7H2,1H3. The third kappa shape index (κ3) is 3.16. The van der Waals surface area contributed by atoms with Crippen LogP contribution in [0.2, 0.25) is 5.02 Å². The monoisotopic (exact) mass is 379 g/mol. The molecule has 98 valence electrons. The van der Waals surface area contributed by atoms with Crippen molar-refractivity contribution in [3.05, 3.63) is 32.4 Å². The SMILES string of the molecule is CN(CC1CC(O)C1)C(=O)c1ccc(I)c(Cl)c1. The lowest BCUT2D eigenvalue weighted by Crippen LogP contribution is -2.39. The fourth-order valence-electron chi connectivity index (χ4n) is 2.17. The van der Waals surface area contributed by atoms with Crippen molar-refractivity contribution in [3.8, 4) is 0 Å². The minimum Gasteiger partial charge on any atom is -0.393 e. The number of aliphatic hydroxyl groups excluding tert-OH is 1. The molecule has 1 aliphatic rings. The zero-order valence-electron chi connectivity index (χ0n) is 10.1. The van der Waals surface area contributed by atoms with Gasteiger partial charge >= 0.3 is 0 Å². The van der Waals surface area contributed by atoms with Crippen LogP contribution in [-0.4, -0.2) is 35.6 Å². The van der Waals surface area contributed by atoms with E-state index < -0.39 is 0 Å². The molecule has 1 aromatic carbocycles. The zero-order valence-corrected chi connectivity index (χ0v) is 13.0. The maximum Gasteiger partial charge on any atom is 0.253 e. The van der Waals surface area contributed by atoms with Gasteiger partial charge in [-0.25, -0.2) is 0 Å². The maximum atomic E-state index is 12.2. The summed E-state index contributed by atoms with van der Waals surface area (Å²) >= 11 is 8.15. The Morgan fingerprint density at radius 3 is 2.78 bits per heavy atom. The van der Waals surface area contributed by atoms with Crippen molar-refractivity contribution in [1.29, 1.82) is 0 Å². The van der Waals surface area contributed by atoms with Gasteiger partial charge < -0.3 is 10.0 Å². The molecule has 1 aliphatic carbocycles. The minimum absolute atomic E-state index is 0.0188. The molecular formula is C13H15ClINO2. The van der Waals surface area contributed by atoms with E-state index in [4.69, 9.17) is 11.6 Å². The summed E-state index contributed by atoms with van der Waals surface area (Å²) < 4.78 is 0.940. The number of nitrogens with zero attached hydrogens (tertiary/aromatic N) is 1. The van der Waals surface area contributed by atoms with Crippen LogP contribution in [0.25, 0.3) is 0 Å². The predicted molar refractivity (Wildman–Crippen MR) is 79.9 cm³/mol. The van der Waals surface area contributed by atoms with Gasteiger partial charge in [0.15, 0.2) is 0 Å². The van der Waals surface area contributed by atoms with E-state index in [1.54, 1.807) is 24.1 Å². The summed E-state index contributed by atoms with van der Waals surface area (Å²) in [5, 5.41) is 9.84. The lowest BCUT2D eigenvalue weighted by Gasteiger charge is -2.34. The molecule has 2 rings (SSSR count). The molecule has 18 heavy (non-hydrogen) atoms. The molecule has 1 saturated carbocycles. The molecule has 1 fully saturated rings. The number of hydrogen-bond donors (Lipinski definition) is 1. The molecule has 0 aromatic heterocycles. The second-order valence-corrected chi connectivity index (χ2v) is 6.38. The van der Waals surface area contributed by atoms with Crippen LogP contribution in [0.15, 0.2) is 18.2 Å². The number of benzene rings is 1. The van der Waals surface area contributed by atoms with Crippen LogP contribution < -0.4 is 0 Å². The molecule has 0 spiro atoms. The molecule has 0 unspecified atom stereocenters. The van der Waals surface area contributed by atoms with E-state index in [9.17, 15) is 9.90 Å². The van der Waals surface area contributed by atoms with Crippen molar-refractivity contribution in [2.75, 3.05) is 13.6 Å². The molecule has 0 saturated heterocycles. The summed E-state index contributed by atoms with van der Waals surface area (Å²) in [7, 11) is 1.79. The average Bonchev–Trinajstić information content (AvgIpc) is 2.29. The molecule has 1 N–H and O–H groups in total. The van der Waals surface area contributed by atoms with E-state index in [2.05, 4.69) is 22.6 Å². The molecule has 1 amide bonds. The minimum atomic E-state index is -0.175. The first kappa shape index (κ1) is 14.1. The highest BCUT2D eigenvalue weighted by Crippen LogP contribution is 2.28. The van der Waals surface area contributed by atoms with Crippen molar-refractivity contribution in [1.82, 2.24) is 4.90 Å². The first-order chi connectivity index (χ1) is 8.47. The van der Waals surface area contributed by atoms with Crippen LogP contribution >= 0.6 is 34.2 Å². The fraction of sp³-hybridized carbons (Fsp3) is 0.462. The van der Waals surface area contributed by atoms with Gasteiger partial charge in [0.1, 0.15) is 0 Å². The van der Waals surface area contributed by atoms with Gasteiger partial charge in [0.25, 0.3) is 5.91 Å². The van der Waals surface area contributed by atoms with Crippen LogP contribution in [0.5, 0.6) is 0 Å². The molecule has 0 aliphatic heterocycles. The zero-order chi connectivity index (χ0) is 13.3. The van der Waals surface area contributed by atoms with Gasteiger partial charge in [-0.3, -0.25) is 4.79 Å². The molecule has 0 atom stereocenters. The Labute approximate surface area is 125 Å². The van der Waals surface area contributed by atoms with Gasteiger partial charge in [-0.15, -0.1) is 0 Å². The summed E-state index contributed by atoms with van der Waals surface area (Å²) in [5.74, 6) is 0.406. The van der Waals surface area contributed by atoms with Crippen molar-refractivity contribution in [2.45, 2.75) is 18.9 Å². The molecule has 3 nitrogen and oxygen atoms in total. The van der Waals surface area contributed by atoms with Crippen molar-refractivity contribution in [3.63, 3.8) is 0 Å². The van der Waals surface area contributed by atoms with E-state index in [0.29, 0.717) is 23.0 Å². The highest BCUT2D eigenvalue weighted by molar-refractivity contribution is 14.1. The third-order valence-corrected chi connectivity index (χ3v) is 4.83.